The van der Waals surface area contributed by atoms with Crippen LogP contribution in [0.3, 0.4) is 0 Å². The van der Waals surface area contributed by atoms with Gasteiger partial charge in [0.25, 0.3) is 0 Å². The van der Waals surface area contributed by atoms with E-state index >= 15 is 0 Å². The number of ether oxygens (including phenoxy) is 1. The smallest absolute Gasteiger partial charge is 0.318 e. The molecule has 0 heterocycles. The van der Waals surface area contributed by atoms with Gasteiger partial charge in [0.05, 0.1) is 23.8 Å². The van der Waals surface area contributed by atoms with Crippen LogP contribution < -0.4 is 0 Å². The molecule has 0 saturated carbocycles. The van der Waals surface area contributed by atoms with Gasteiger partial charge in [-0.05, 0) is 25.1 Å². The Balaban J connectivity index is 2.83. The van der Waals surface area contributed by atoms with E-state index in [1.54, 1.807) is 25.1 Å². The summed E-state index contributed by atoms with van der Waals surface area (Å²) in [5, 5.41) is 8.82. The largest absolute Gasteiger partial charge is 0.468 e. The summed E-state index contributed by atoms with van der Waals surface area (Å²) in [7, 11) is 1.35. The third-order valence-corrected chi connectivity index (χ3v) is 3.48. The lowest BCUT2D eigenvalue weighted by Crippen LogP contribution is -2.14. The van der Waals surface area contributed by atoms with Crippen LogP contribution in [0.5, 0.6) is 0 Å². The van der Waals surface area contributed by atoms with Crippen LogP contribution in [0.15, 0.2) is 23.1 Å². The maximum atomic E-state index is 11.2. The van der Waals surface area contributed by atoms with E-state index < -0.39 is 0 Å². The van der Waals surface area contributed by atoms with Gasteiger partial charge >= 0.3 is 5.97 Å². The lowest BCUT2D eigenvalue weighted by atomic mass is 10.2. The van der Waals surface area contributed by atoms with Crippen molar-refractivity contribution in [2.24, 2.45) is 0 Å². The van der Waals surface area contributed by atoms with Crippen molar-refractivity contribution in [1.29, 1.82) is 5.26 Å². The number of benzene rings is 1. The fraction of sp³-hybridized carbons (Fsp3) is 0.273. The van der Waals surface area contributed by atoms with Gasteiger partial charge in [-0.25, -0.2) is 0 Å². The lowest BCUT2D eigenvalue weighted by molar-refractivity contribution is -0.139. The molecule has 1 rings (SSSR count). The minimum absolute atomic E-state index is 0.301. The molecule has 84 valence electrons. The van der Waals surface area contributed by atoms with Crippen LogP contribution in [0.1, 0.15) is 12.5 Å². The number of halogens is 1. The average molecular weight is 256 g/mol. The van der Waals surface area contributed by atoms with Gasteiger partial charge in [0.15, 0.2) is 0 Å². The third-order valence-electron chi connectivity index (χ3n) is 1.90. The SMILES string of the molecule is COC(=O)[C@@H](C)Sc1ccc(C#N)cc1Cl. The molecular formula is C11H10ClNO2S. The highest BCUT2D eigenvalue weighted by Gasteiger charge is 2.16. The molecule has 0 N–H and O–H groups in total. The highest BCUT2D eigenvalue weighted by atomic mass is 35.5. The summed E-state index contributed by atoms with van der Waals surface area (Å²) in [6, 6.07) is 6.97. The molecule has 1 aromatic rings. The first kappa shape index (κ1) is 12.9. The maximum Gasteiger partial charge on any atom is 0.318 e. The molecule has 0 radical (unpaired) electrons. The number of thioether (sulfide) groups is 1. The summed E-state index contributed by atoms with van der Waals surface area (Å²) >= 11 is 7.28. The van der Waals surface area contributed by atoms with E-state index in [2.05, 4.69) is 4.74 Å². The summed E-state index contributed by atoms with van der Waals surface area (Å²) in [5.74, 6) is -0.301. The van der Waals surface area contributed by atoms with Crippen molar-refractivity contribution in [3.63, 3.8) is 0 Å². The van der Waals surface area contributed by atoms with Crippen LogP contribution in [0, 0.1) is 11.3 Å². The van der Waals surface area contributed by atoms with E-state index in [1.165, 1.54) is 18.9 Å². The Morgan fingerprint density at radius 1 is 1.62 bits per heavy atom. The summed E-state index contributed by atoms with van der Waals surface area (Å²) in [4.78, 5) is 12.0. The van der Waals surface area contributed by atoms with Gasteiger partial charge in [0, 0.05) is 4.90 Å². The van der Waals surface area contributed by atoms with Crippen molar-refractivity contribution in [2.75, 3.05) is 7.11 Å². The molecule has 0 bridgehead atoms. The van der Waals surface area contributed by atoms with Gasteiger partial charge in [-0.15, -0.1) is 11.8 Å². The van der Waals surface area contributed by atoms with Crippen molar-refractivity contribution < 1.29 is 9.53 Å². The summed E-state index contributed by atoms with van der Waals surface area (Å²) in [6.07, 6.45) is 0. The molecule has 0 spiro atoms. The highest BCUT2D eigenvalue weighted by Crippen LogP contribution is 2.31. The molecule has 0 aliphatic carbocycles. The molecule has 1 atom stereocenters. The van der Waals surface area contributed by atoms with Crippen LogP contribution in [0.2, 0.25) is 5.02 Å². The van der Waals surface area contributed by atoms with Crippen molar-refractivity contribution in [3.8, 4) is 6.07 Å². The Kier molecular flexibility index (Phi) is 4.66. The number of hydrogen-bond donors (Lipinski definition) is 0. The zero-order chi connectivity index (χ0) is 12.1. The molecule has 0 amide bonds. The van der Waals surface area contributed by atoms with Gasteiger partial charge in [-0.1, -0.05) is 11.6 Å². The predicted molar refractivity (Wildman–Crippen MR) is 63.5 cm³/mol. The van der Waals surface area contributed by atoms with E-state index in [0.29, 0.717) is 10.6 Å². The van der Waals surface area contributed by atoms with E-state index in [1.807, 2.05) is 6.07 Å². The van der Waals surface area contributed by atoms with E-state index in [4.69, 9.17) is 16.9 Å². The number of nitrogens with zero attached hydrogens (tertiary/aromatic N) is 1. The van der Waals surface area contributed by atoms with Crippen molar-refractivity contribution in [1.82, 2.24) is 0 Å². The summed E-state index contributed by atoms with van der Waals surface area (Å²) < 4.78 is 4.61. The van der Waals surface area contributed by atoms with Crippen molar-refractivity contribution in [3.05, 3.63) is 28.8 Å². The lowest BCUT2D eigenvalue weighted by Gasteiger charge is -2.09. The first-order chi connectivity index (χ1) is 7.58. The van der Waals surface area contributed by atoms with Crippen LogP contribution >= 0.6 is 23.4 Å². The number of rotatable bonds is 3. The Morgan fingerprint density at radius 2 is 2.31 bits per heavy atom. The number of nitriles is 1. The Hall–Kier alpha value is -1.18. The normalized spacial score (nSPS) is 11.6. The first-order valence-electron chi connectivity index (χ1n) is 4.52. The molecule has 5 heteroatoms. The molecule has 0 unspecified atom stereocenters. The van der Waals surface area contributed by atoms with Crippen molar-refractivity contribution >= 4 is 29.3 Å². The second-order valence-corrected chi connectivity index (χ2v) is 4.83. The van der Waals surface area contributed by atoms with Gasteiger partial charge in [-0.3, -0.25) is 4.79 Å². The fourth-order valence-electron chi connectivity index (χ4n) is 1.07. The molecule has 0 saturated heterocycles. The number of carbonyl (C=O) groups excluding carboxylic acids is 1. The molecule has 0 aromatic heterocycles. The van der Waals surface area contributed by atoms with E-state index in [-0.39, 0.29) is 11.2 Å². The Morgan fingerprint density at radius 3 is 2.81 bits per heavy atom. The standard InChI is InChI=1S/C11H10ClNO2S/c1-7(11(14)15-2)16-10-4-3-8(6-13)5-9(10)12/h3-5,7H,1-2H3/t7-/m1/s1. The minimum atomic E-state index is -0.324. The highest BCUT2D eigenvalue weighted by molar-refractivity contribution is 8.00. The van der Waals surface area contributed by atoms with Crippen LogP contribution in [0.25, 0.3) is 0 Å². The number of methoxy groups -OCH3 is 1. The third kappa shape index (κ3) is 3.16. The quantitative estimate of drug-likeness (QED) is 0.616. The molecule has 3 nitrogen and oxygen atoms in total. The molecule has 1 aromatic carbocycles. The van der Waals surface area contributed by atoms with E-state index in [0.717, 1.165) is 4.90 Å². The van der Waals surface area contributed by atoms with Gasteiger partial charge in [-0.2, -0.15) is 5.26 Å². The summed E-state index contributed by atoms with van der Waals surface area (Å²) in [6.45, 7) is 1.74. The second kappa shape index (κ2) is 5.78. The van der Waals surface area contributed by atoms with Crippen molar-refractivity contribution in [2.45, 2.75) is 17.1 Å². The van der Waals surface area contributed by atoms with Gasteiger partial charge in [0.2, 0.25) is 0 Å². The minimum Gasteiger partial charge on any atom is -0.468 e. The number of esters is 1. The van der Waals surface area contributed by atoms with Gasteiger partial charge < -0.3 is 4.74 Å². The molecule has 0 aliphatic heterocycles. The first-order valence-corrected chi connectivity index (χ1v) is 5.78. The Labute approximate surface area is 103 Å². The second-order valence-electron chi connectivity index (χ2n) is 3.04. The van der Waals surface area contributed by atoms with Crippen LogP contribution in [0.4, 0.5) is 0 Å². The Bertz CT molecular complexity index is 442. The maximum absolute atomic E-state index is 11.2. The average Bonchev–Trinajstić information content (AvgIpc) is 2.30. The fourth-order valence-corrected chi connectivity index (χ4v) is 2.28. The number of hydrogen-bond acceptors (Lipinski definition) is 4. The van der Waals surface area contributed by atoms with E-state index in [9.17, 15) is 4.79 Å². The zero-order valence-corrected chi connectivity index (χ0v) is 10.4. The molecule has 0 aliphatic rings. The molecular weight excluding hydrogens is 246 g/mol. The summed E-state index contributed by atoms with van der Waals surface area (Å²) in [5.41, 5.74) is 0.500. The monoisotopic (exact) mass is 255 g/mol. The van der Waals surface area contributed by atoms with Crippen LogP contribution in [-0.2, 0) is 9.53 Å². The predicted octanol–water partition coefficient (Wildman–Crippen LogP) is 2.87. The van der Waals surface area contributed by atoms with Crippen LogP contribution in [-0.4, -0.2) is 18.3 Å². The number of carbonyl (C=O) groups is 1. The topological polar surface area (TPSA) is 50.1 Å². The zero-order valence-electron chi connectivity index (χ0n) is 8.86. The molecule has 16 heavy (non-hydrogen) atoms. The molecule has 0 fully saturated rings. The van der Waals surface area contributed by atoms with Gasteiger partial charge in [0.1, 0.15) is 5.25 Å².